The maximum atomic E-state index is 9.22. The third-order valence-corrected chi connectivity index (χ3v) is 2.22. The lowest BCUT2D eigenvalue weighted by molar-refractivity contribution is 0.179. The standard InChI is InChI=1S/C9H19NO/c1-7(2)6-10-8-3-4-9(11)5-8/h7-11H,3-6H2,1-2H3. The maximum absolute atomic E-state index is 9.22. The van der Waals surface area contributed by atoms with Gasteiger partial charge in [-0.1, -0.05) is 13.8 Å². The molecule has 1 fully saturated rings. The zero-order chi connectivity index (χ0) is 8.27. The van der Waals surface area contributed by atoms with Crippen LogP contribution in [0.4, 0.5) is 0 Å². The first-order chi connectivity index (χ1) is 5.18. The predicted octanol–water partition coefficient (Wildman–Crippen LogP) is 1.15. The monoisotopic (exact) mass is 157 g/mol. The van der Waals surface area contributed by atoms with Crippen LogP contribution >= 0.6 is 0 Å². The fraction of sp³-hybridized carbons (Fsp3) is 1.00. The second-order valence-corrected chi connectivity index (χ2v) is 3.97. The molecule has 0 bridgehead atoms. The Hall–Kier alpha value is -0.0800. The van der Waals surface area contributed by atoms with Gasteiger partial charge in [-0.05, 0) is 31.7 Å². The Bertz CT molecular complexity index is 114. The summed E-state index contributed by atoms with van der Waals surface area (Å²) in [6.07, 6.45) is 3.04. The maximum Gasteiger partial charge on any atom is 0.0555 e. The highest BCUT2D eigenvalue weighted by Crippen LogP contribution is 2.18. The molecule has 2 N–H and O–H groups in total. The Morgan fingerprint density at radius 2 is 2.18 bits per heavy atom. The highest BCUT2D eigenvalue weighted by atomic mass is 16.3. The average molecular weight is 157 g/mol. The molecule has 0 heterocycles. The van der Waals surface area contributed by atoms with Gasteiger partial charge in [-0.3, -0.25) is 0 Å². The van der Waals surface area contributed by atoms with Crippen molar-refractivity contribution in [3.05, 3.63) is 0 Å². The summed E-state index contributed by atoms with van der Waals surface area (Å²) in [7, 11) is 0. The molecule has 1 aliphatic rings. The number of hydrogen-bond acceptors (Lipinski definition) is 2. The van der Waals surface area contributed by atoms with Crippen LogP contribution in [0.15, 0.2) is 0 Å². The molecule has 0 saturated heterocycles. The van der Waals surface area contributed by atoms with Crippen molar-refractivity contribution < 1.29 is 5.11 Å². The van der Waals surface area contributed by atoms with Crippen LogP contribution in [0.3, 0.4) is 0 Å². The summed E-state index contributed by atoms with van der Waals surface area (Å²) in [5.74, 6) is 0.716. The van der Waals surface area contributed by atoms with E-state index in [0.717, 1.165) is 25.8 Å². The molecule has 0 aromatic carbocycles. The van der Waals surface area contributed by atoms with Crippen LogP contribution in [-0.4, -0.2) is 23.8 Å². The third kappa shape index (κ3) is 3.21. The molecular weight excluding hydrogens is 138 g/mol. The number of hydrogen-bond donors (Lipinski definition) is 2. The Morgan fingerprint density at radius 1 is 1.45 bits per heavy atom. The van der Waals surface area contributed by atoms with E-state index in [9.17, 15) is 5.11 Å². The van der Waals surface area contributed by atoms with Crippen molar-refractivity contribution in [2.45, 2.75) is 45.3 Å². The molecule has 0 radical (unpaired) electrons. The van der Waals surface area contributed by atoms with Gasteiger partial charge in [0.15, 0.2) is 0 Å². The van der Waals surface area contributed by atoms with Crippen molar-refractivity contribution in [3.63, 3.8) is 0 Å². The topological polar surface area (TPSA) is 32.3 Å². The first-order valence-electron chi connectivity index (χ1n) is 4.60. The molecule has 2 nitrogen and oxygen atoms in total. The lowest BCUT2D eigenvalue weighted by Gasteiger charge is -2.13. The minimum atomic E-state index is -0.0420. The van der Waals surface area contributed by atoms with Gasteiger partial charge in [0, 0.05) is 6.04 Å². The van der Waals surface area contributed by atoms with Crippen molar-refractivity contribution in [1.82, 2.24) is 5.32 Å². The molecule has 1 saturated carbocycles. The van der Waals surface area contributed by atoms with Gasteiger partial charge in [-0.25, -0.2) is 0 Å². The molecule has 2 heteroatoms. The lowest BCUT2D eigenvalue weighted by Crippen LogP contribution is -2.30. The molecule has 2 atom stereocenters. The van der Waals surface area contributed by atoms with Crippen LogP contribution in [0.2, 0.25) is 0 Å². The average Bonchev–Trinajstić information content (AvgIpc) is 2.31. The largest absolute Gasteiger partial charge is 0.393 e. The molecular formula is C9H19NO. The zero-order valence-corrected chi connectivity index (χ0v) is 7.51. The van der Waals surface area contributed by atoms with E-state index in [1.54, 1.807) is 0 Å². The Kier molecular flexibility index (Phi) is 3.34. The smallest absolute Gasteiger partial charge is 0.0555 e. The number of nitrogens with one attached hydrogen (secondary N) is 1. The minimum absolute atomic E-state index is 0.0420. The van der Waals surface area contributed by atoms with Crippen LogP contribution in [-0.2, 0) is 0 Å². The van der Waals surface area contributed by atoms with Gasteiger partial charge in [-0.2, -0.15) is 0 Å². The summed E-state index contributed by atoms with van der Waals surface area (Å²) in [4.78, 5) is 0. The van der Waals surface area contributed by atoms with Crippen molar-refractivity contribution in [3.8, 4) is 0 Å². The fourth-order valence-corrected chi connectivity index (χ4v) is 1.55. The molecule has 1 aliphatic carbocycles. The van der Waals surface area contributed by atoms with Gasteiger partial charge in [0.2, 0.25) is 0 Å². The van der Waals surface area contributed by atoms with Gasteiger partial charge < -0.3 is 10.4 Å². The molecule has 2 unspecified atom stereocenters. The molecule has 11 heavy (non-hydrogen) atoms. The van der Waals surface area contributed by atoms with Crippen molar-refractivity contribution in [2.75, 3.05) is 6.54 Å². The molecule has 1 rings (SSSR count). The summed E-state index contributed by atoms with van der Waals surface area (Å²) >= 11 is 0. The van der Waals surface area contributed by atoms with E-state index in [4.69, 9.17) is 0 Å². The first kappa shape index (κ1) is 9.01. The summed E-state index contributed by atoms with van der Waals surface area (Å²) < 4.78 is 0. The van der Waals surface area contributed by atoms with Gasteiger partial charge in [0.1, 0.15) is 0 Å². The van der Waals surface area contributed by atoms with E-state index in [2.05, 4.69) is 19.2 Å². The lowest BCUT2D eigenvalue weighted by atomic mass is 10.2. The zero-order valence-electron chi connectivity index (χ0n) is 7.51. The second kappa shape index (κ2) is 4.07. The van der Waals surface area contributed by atoms with Crippen LogP contribution < -0.4 is 5.32 Å². The Labute approximate surface area is 69.0 Å². The van der Waals surface area contributed by atoms with E-state index >= 15 is 0 Å². The SMILES string of the molecule is CC(C)CNC1CCC(O)C1. The van der Waals surface area contributed by atoms with E-state index in [1.165, 1.54) is 0 Å². The first-order valence-corrected chi connectivity index (χ1v) is 4.60. The van der Waals surface area contributed by atoms with Gasteiger partial charge in [-0.15, -0.1) is 0 Å². The van der Waals surface area contributed by atoms with E-state index in [0.29, 0.717) is 12.0 Å². The minimum Gasteiger partial charge on any atom is -0.393 e. The van der Waals surface area contributed by atoms with Crippen molar-refractivity contribution >= 4 is 0 Å². The van der Waals surface area contributed by atoms with Crippen LogP contribution in [0.25, 0.3) is 0 Å². The number of aliphatic hydroxyl groups is 1. The summed E-state index contributed by atoms with van der Waals surface area (Å²) in [6.45, 7) is 5.49. The molecule has 0 aromatic rings. The number of rotatable bonds is 3. The number of aliphatic hydroxyl groups excluding tert-OH is 1. The summed E-state index contributed by atoms with van der Waals surface area (Å²) in [5, 5.41) is 12.7. The third-order valence-electron chi connectivity index (χ3n) is 2.22. The van der Waals surface area contributed by atoms with E-state index in [-0.39, 0.29) is 6.10 Å². The summed E-state index contributed by atoms with van der Waals surface area (Å²) in [5.41, 5.74) is 0. The highest BCUT2D eigenvalue weighted by molar-refractivity contribution is 4.79. The Balaban J connectivity index is 2.08. The summed E-state index contributed by atoms with van der Waals surface area (Å²) in [6, 6.07) is 0.576. The van der Waals surface area contributed by atoms with Gasteiger partial charge >= 0.3 is 0 Å². The van der Waals surface area contributed by atoms with Crippen molar-refractivity contribution in [1.29, 1.82) is 0 Å². The quantitative estimate of drug-likeness (QED) is 0.644. The molecule has 0 spiro atoms. The normalized spacial score (nSPS) is 31.6. The molecule has 0 aliphatic heterocycles. The highest BCUT2D eigenvalue weighted by Gasteiger charge is 2.21. The van der Waals surface area contributed by atoms with Crippen LogP contribution in [0.5, 0.6) is 0 Å². The molecule has 0 aromatic heterocycles. The fourth-order valence-electron chi connectivity index (χ4n) is 1.55. The molecule has 66 valence electrons. The van der Waals surface area contributed by atoms with E-state index < -0.39 is 0 Å². The van der Waals surface area contributed by atoms with Crippen LogP contribution in [0, 0.1) is 5.92 Å². The second-order valence-electron chi connectivity index (χ2n) is 3.97. The van der Waals surface area contributed by atoms with Crippen molar-refractivity contribution in [2.24, 2.45) is 5.92 Å². The van der Waals surface area contributed by atoms with Gasteiger partial charge in [0.25, 0.3) is 0 Å². The van der Waals surface area contributed by atoms with E-state index in [1.807, 2.05) is 0 Å². The van der Waals surface area contributed by atoms with Crippen LogP contribution in [0.1, 0.15) is 33.1 Å². The Morgan fingerprint density at radius 3 is 2.64 bits per heavy atom. The molecule has 0 amide bonds. The predicted molar refractivity (Wildman–Crippen MR) is 46.5 cm³/mol. The van der Waals surface area contributed by atoms with Gasteiger partial charge in [0.05, 0.1) is 6.10 Å².